The first-order valence-corrected chi connectivity index (χ1v) is 6.57. The molecule has 0 aliphatic rings. The lowest BCUT2D eigenvalue weighted by Gasteiger charge is -2.18. The zero-order valence-corrected chi connectivity index (χ0v) is 11.9. The summed E-state index contributed by atoms with van der Waals surface area (Å²) >= 11 is 0. The van der Waals surface area contributed by atoms with Gasteiger partial charge in [-0.15, -0.1) is 0 Å². The van der Waals surface area contributed by atoms with E-state index < -0.39 is 0 Å². The van der Waals surface area contributed by atoms with Crippen LogP contribution in [0, 0.1) is 6.92 Å². The number of rotatable bonds is 4. The maximum absolute atomic E-state index is 12.4. The van der Waals surface area contributed by atoms with Crippen LogP contribution in [0.15, 0.2) is 18.2 Å². The highest BCUT2D eigenvalue weighted by atomic mass is 16.5. The van der Waals surface area contributed by atoms with Gasteiger partial charge in [0.2, 0.25) is 0 Å². The number of ether oxygens (including phenoxy) is 1. The van der Waals surface area contributed by atoms with Gasteiger partial charge in [0.25, 0.3) is 5.91 Å². The predicted molar refractivity (Wildman–Crippen MR) is 76.8 cm³/mol. The van der Waals surface area contributed by atoms with Crippen LogP contribution in [-0.2, 0) is 0 Å². The minimum absolute atomic E-state index is 0.0534. The van der Waals surface area contributed by atoms with Gasteiger partial charge in [0, 0.05) is 24.0 Å². The molecule has 2 aromatic rings. The van der Waals surface area contributed by atoms with E-state index in [1.165, 1.54) is 0 Å². The van der Waals surface area contributed by atoms with Crippen LogP contribution < -0.4 is 4.74 Å². The van der Waals surface area contributed by atoms with E-state index in [2.05, 4.69) is 4.98 Å². The zero-order valence-electron chi connectivity index (χ0n) is 11.9. The largest absolute Gasteiger partial charge is 0.497 e. The van der Waals surface area contributed by atoms with E-state index in [1.54, 1.807) is 7.11 Å². The Bertz CT molecular complexity index is 597. The number of fused-ring (bicyclic) bond motifs is 1. The minimum Gasteiger partial charge on any atom is -0.497 e. The number of methoxy groups -OCH3 is 1. The SMILES string of the molecule is CCN(CC)C(=O)c1[nH]c2ccc(OC)cc2c1C. The van der Waals surface area contributed by atoms with E-state index in [-0.39, 0.29) is 5.91 Å². The van der Waals surface area contributed by atoms with Crippen LogP contribution in [0.25, 0.3) is 10.9 Å². The first-order chi connectivity index (χ1) is 9.12. The van der Waals surface area contributed by atoms with Crippen LogP contribution >= 0.6 is 0 Å². The van der Waals surface area contributed by atoms with Gasteiger partial charge in [-0.1, -0.05) is 0 Å². The molecule has 0 atom stereocenters. The highest BCUT2D eigenvalue weighted by molar-refractivity contribution is 6.01. The van der Waals surface area contributed by atoms with Crippen molar-refractivity contribution >= 4 is 16.8 Å². The minimum atomic E-state index is 0.0534. The average molecular weight is 260 g/mol. The summed E-state index contributed by atoms with van der Waals surface area (Å²) < 4.78 is 5.23. The first kappa shape index (κ1) is 13.5. The van der Waals surface area contributed by atoms with Crippen molar-refractivity contribution in [3.63, 3.8) is 0 Å². The third kappa shape index (κ3) is 2.30. The molecule has 0 unspecified atom stereocenters. The molecule has 19 heavy (non-hydrogen) atoms. The Kier molecular flexibility index (Phi) is 3.79. The highest BCUT2D eigenvalue weighted by Gasteiger charge is 2.19. The number of hydrogen-bond acceptors (Lipinski definition) is 2. The second-order valence-electron chi connectivity index (χ2n) is 4.51. The van der Waals surface area contributed by atoms with Crippen LogP contribution in [0.1, 0.15) is 29.9 Å². The second-order valence-corrected chi connectivity index (χ2v) is 4.51. The number of aromatic amines is 1. The van der Waals surface area contributed by atoms with Crippen molar-refractivity contribution in [2.75, 3.05) is 20.2 Å². The van der Waals surface area contributed by atoms with Crippen molar-refractivity contribution in [3.8, 4) is 5.75 Å². The van der Waals surface area contributed by atoms with E-state index in [9.17, 15) is 4.79 Å². The van der Waals surface area contributed by atoms with E-state index in [1.807, 2.05) is 43.9 Å². The van der Waals surface area contributed by atoms with Crippen molar-refractivity contribution in [3.05, 3.63) is 29.5 Å². The van der Waals surface area contributed by atoms with E-state index in [0.29, 0.717) is 18.8 Å². The Morgan fingerprint density at radius 1 is 1.32 bits per heavy atom. The summed E-state index contributed by atoms with van der Waals surface area (Å²) in [6.07, 6.45) is 0. The zero-order chi connectivity index (χ0) is 14.0. The lowest BCUT2D eigenvalue weighted by atomic mass is 10.1. The molecule has 1 aromatic heterocycles. The lowest BCUT2D eigenvalue weighted by molar-refractivity contribution is 0.0767. The third-order valence-corrected chi connectivity index (χ3v) is 3.53. The van der Waals surface area contributed by atoms with Gasteiger partial charge in [-0.25, -0.2) is 0 Å². The topological polar surface area (TPSA) is 45.3 Å². The summed E-state index contributed by atoms with van der Waals surface area (Å²) in [5.74, 6) is 0.856. The molecule has 2 rings (SSSR count). The maximum Gasteiger partial charge on any atom is 0.270 e. The van der Waals surface area contributed by atoms with Crippen LogP contribution in [0.2, 0.25) is 0 Å². The molecule has 4 nitrogen and oxygen atoms in total. The fourth-order valence-electron chi connectivity index (χ4n) is 2.32. The van der Waals surface area contributed by atoms with Gasteiger partial charge in [0.1, 0.15) is 11.4 Å². The normalized spacial score (nSPS) is 10.7. The third-order valence-electron chi connectivity index (χ3n) is 3.53. The molecular formula is C15H20N2O2. The first-order valence-electron chi connectivity index (χ1n) is 6.57. The Hall–Kier alpha value is -1.97. The highest BCUT2D eigenvalue weighted by Crippen LogP contribution is 2.26. The van der Waals surface area contributed by atoms with Gasteiger partial charge < -0.3 is 14.6 Å². The molecule has 1 amide bonds. The van der Waals surface area contributed by atoms with E-state index >= 15 is 0 Å². The fraction of sp³-hybridized carbons (Fsp3) is 0.400. The number of benzene rings is 1. The fourth-order valence-corrected chi connectivity index (χ4v) is 2.32. The van der Waals surface area contributed by atoms with Crippen LogP contribution in [0.3, 0.4) is 0 Å². The second kappa shape index (κ2) is 5.34. The molecule has 0 aliphatic heterocycles. The number of amides is 1. The summed E-state index contributed by atoms with van der Waals surface area (Å²) in [6, 6.07) is 5.80. The van der Waals surface area contributed by atoms with Gasteiger partial charge >= 0.3 is 0 Å². The van der Waals surface area contributed by atoms with Crippen LogP contribution in [0.4, 0.5) is 0 Å². The number of nitrogens with zero attached hydrogens (tertiary/aromatic N) is 1. The number of carbonyl (C=O) groups excluding carboxylic acids is 1. The van der Waals surface area contributed by atoms with Crippen molar-refractivity contribution in [2.45, 2.75) is 20.8 Å². The summed E-state index contributed by atoms with van der Waals surface area (Å²) in [5, 5.41) is 1.04. The van der Waals surface area contributed by atoms with Gasteiger partial charge in [-0.05, 0) is 44.5 Å². The monoisotopic (exact) mass is 260 g/mol. The summed E-state index contributed by atoms with van der Waals surface area (Å²) in [4.78, 5) is 17.4. The molecule has 1 aromatic carbocycles. The Labute approximate surface area is 113 Å². The summed E-state index contributed by atoms with van der Waals surface area (Å²) in [7, 11) is 1.64. The smallest absolute Gasteiger partial charge is 0.270 e. The maximum atomic E-state index is 12.4. The predicted octanol–water partition coefficient (Wildman–Crippen LogP) is 2.97. The van der Waals surface area contributed by atoms with Crippen LogP contribution in [-0.4, -0.2) is 36.0 Å². The van der Waals surface area contributed by atoms with Crippen LogP contribution in [0.5, 0.6) is 5.75 Å². The molecule has 0 radical (unpaired) electrons. The molecule has 0 bridgehead atoms. The van der Waals surface area contributed by atoms with Crippen molar-refractivity contribution in [1.29, 1.82) is 0 Å². The number of aromatic nitrogens is 1. The molecule has 0 saturated heterocycles. The quantitative estimate of drug-likeness (QED) is 0.918. The molecule has 102 valence electrons. The van der Waals surface area contributed by atoms with E-state index in [0.717, 1.165) is 22.2 Å². The summed E-state index contributed by atoms with van der Waals surface area (Å²) in [6.45, 7) is 7.38. The molecule has 0 spiro atoms. The molecule has 0 saturated carbocycles. The number of nitrogens with one attached hydrogen (secondary N) is 1. The lowest BCUT2D eigenvalue weighted by Crippen LogP contribution is -2.31. The Morgan fingerprint density at radius 2 is 2.00 bits per heavy atom. The Morgan fingerprint density at radius 3 is 2.58 bits per heavy atom. The van der Waals surface area contributed by atoms with Gasteiger partial charge in [-0.2, -0.15) is 0 Å². The van der Waals surface area contributed by atoms with Gasteiger partial charge in [0.15, 0.2) is 0 Å². The average Bonchev–Trinajstić information content (AvgIpc) is 2.77. The molecule has 1 heterocycles. The molecule has 0 aliphatic carbocycles. The van der Waals surface area contributed by atoms with Gasteiger partial charge in [-0.3, -0.25) is 4.79 Å². The van der Waals surface area contributed by atoms with Crippen molar-refractivity contribution < 1.29 is 9.53 Å². The standard InChI is InChI=1S/C15H20N2O2/c1-5-17(6-2)15(18)14-10(3)12-9-11(19-4)7-8-13(12)16-14/h7-9,16H,5-6H2,1-4H3. The molecule has 0 fully saturated rings. The Balaban J connectivity index is 2.50. The molecular weight excluding hydrogens is 240 g/mol. The molecule has 1 N–H and O–H groups in total. The molecule has 4 heteroatoms. The van der Waals surface area contributed by atoms with Crippen molar-refractivity contribution in [2.24, 2.45) is 0 Å². The number of aryl methyl sites for hydroxylation is 1. The number of hydrogen-bond donors (Lipinski definition) is 1. The summed E-state index contributed by atoms with van der Waals surface area (Å²) in [5.41, 5.74) is 2.62. The van der Waals surface area contributed by atoms with Gasteiger partial charge in [0.05, 0.1) is 7.11 Å². The number of carbonyl (C=O) groups is 1. The number of H-pyrrole nitrogens is 1. The van der Waals surface area contributed by atoms with Crippen molar-refractivity contribution in [1.82, 2.24) is 9.88 Å². The van der Waals surface area contributed by atoms with E-state index in [4.69, 9.17) is 4.74 Å².